The summed E-state index contributed by atoms with van der Waals surface area (Å²) in [6.07, 6.45) is 1.30. The molecular weight excluding hydrogens is 227 g/mol. The van der Waals surface area contributed by atoms with E-state index in [-0.39, 0.29) is 11.4 Å². The van der Waals surface area contributed by atoms with Crippen LogP contribution in [0.25, 0.3) is 0 Å². The molecule has 6 nitrogen and oxygen atoms in total. The first-order valence-corrected chi connectivity index (χ1v) is 5.17. The van der Waals surface area contributed by atoms with Crippen LogP contribution in [0.15, 0.2) is 12.3 Å². The smallest absolute Gasteiger partial charge is 0.254 e. The molecule has 1 rings (SSSR count). The SMILES string of the molecule is CCOCCNC(=O)c1ccnc(NN)c1F. The summed E-state index contributed by atoms with van der Waals surface area (Å²) in [5, 5.41) is 2.53. The average Bonchev–Trinajstić information content (AvgIpc) is 2.34. The molecule has 0 radical (unpaired) electrons. The van der Waals surface area contributed by atoms with E-state index in [1.165, 1.54) is 12.3 Å². The van der Waals surface area contributed by atoms with Gasteiger partial charge in [0.2, 0.25) is 0 Å². The van der Waals surface area contributed by atoms with Gasteiger partial charge in [0.05, 0.1) is 12.2 Å². The van der Waals surface area contributed by atoms with Crippen molar-refractivity contribution in [3.05, 3.63) is 23.6 Å². The Balaban J connectivity index is 2.62. The second-order valence-corrected chi connectivity index (χ2v) is 3.12. The number of anilines is 1. The van der Waals surface area contributed by atoms with Crippen molar-refractivity contribution >= 4 is 11.7 Å². The fraction of sp³-hybridized carbons (Fsp3) is 0.400. The molecule has 94 valence electrons. The lowest BCUT2D eigenvalue weighted by Crippen LogP contribution is -2.28. The number of halogens is 1. The average molecular weight is 242 g/mol. The van der Waals surface area contributed by atoms with Gasteiger partial charge in [-0.1, -0.05) is 0 Å². The van der Waals surface area contributed by atoms with E-state index in [2.05, 4.69) is 15.7 Å². The first kappa shape index (κ1) is 13.3. The molecule has 7 heteroatoms. The van der Waals surface area contributed by atoms with Gasteiger partial charge in [-0.2, -0.15) is 0 Å². The van der Waals surface area contributed by atoms with Crippen molar-refractivity contribution in [3.8, 4) is 0 Å². The number of amides is 1. The molecule has 1 amide bonds. The highest BCUT2D eigenvalue weighted by Crippen LogP contribution is 2.13. The number of hydrazine groups is 1. The van der Waals surface area contributed by atoms with Crippen molar-refractivity contribution in [2.24, 2.45) is 5.84 Å². The Morgan fingerprint density at radius 1 is 1.65 bits per heavy atom. The number of hydrogen-bond donors (Lipinski definition) is 3. The molecule has 17 heavy (non-hydrogen) atoms. The molecule has 1 aromatic heterocycles. The van der Waals surface area contributed by atoms with Crippen molar-refractivity contribution < 1.29 is 13.9 Å². The van der Waals surface area contributed by atoms with Gasteiger partial charge in [0, 0.05) is 19.3 Å². The first-order chi connectivity index (χ1) is 8.20. The number of nitrogens with zero attached hydrogens (tertiary/aromatic N) is 1. The number of hydrogen-bond acceptors (Lipinski definition) is 5. The molecular formula is C10H15FN4O2. The maximum Gasteiger partial charge on any atom is 0.254 e. The summed E-state index contributed by atoms with van der Waals surface area (Å²) >= 11 is 0. The highest BCUT2D eigenvalue weighted by atomic mass is 19.1. The van der Waals surface area contributed by atoms with Crippen molar-refractivity contribution in [2.75, 3.05) is 25.2 Å². The van der Waals surface area contributed by atoms with Crippen molar-refractivity contribution in [1.82, 2.24) is 10.3 Å². The van der Waals surface area contributed by atoms with Crippen LogP contribution >= 0.6 is 0 Å². The lowest BCUT2D eigenvalue weighted by molar-refractivity contribution is 0.0918. The van der Waals surface area contributed by atoms with Crippen LogP contribution in [0.4, 0.5) is 10.2 Å². The summed E-state index contributed by atoms with van der Waals surface area (Å²) in [5.41, 5.74) is 1.97. The summed E-state index contributed by atoms with van der Waals surface area (Å²) in [6.45, 7) is 3.13. The van der Waals surface area contributed by atoms with Gasteiger partial charge in [-0.25, -0.2) is 15.2 Å². The molecule has 0 aliphatic heterocycles. The lowest BCUT2D eigenvalue weighted by Gasteiger charge is -2.07. The minimum Gasteiger partial charge on any atom is -0.380 e. The molecule has 0 saturated heterocycles. The van der Waals surface area contributed by atoms with Crippen molar-refractivity contribution in [3.63, 3.8) is 0 Å². The van der Waals surface area contributed by atoms with Gasteiger partial charge >= 0.3 is 0 Å². The van der Waals surface area contributed by atoms with Crippen LogP contribution in [0.2, 0.25) is 0 Å². The minimum atomic E-state index is -0.774. The molecule has 1 aromatic rings. The predicted molar refractivity (Wildman–Crippen MR) is 60.8 cm³/mol. The van der Waals surface area contributed by atoms with E-state index in [4.69, 9.17) is 10.6 Å². The van der Waals surface area contributed by atoms with Crippen LogP contribution in [0.3, 0.4) is 0 Å². The fourth-order valence-corrected chi connectivity index (χ4v) is 1.20. The van der Waals surface area contributed by atoms with Gasteiger partial charge in [0.15, 0.2) is 11.6 Å². The van der Waals surface area contributed by atoms with Crippen LogP contribution in [0, 0.1) is 5.82 Å². The Hall–Kier alpha value is -1.73. The summed E-state index contributed by atoms with van der Waals surface area (Å²) in [5.74, 6) is 3.59. The maximum absolute atomic E-state index is 13.6. The Morgan fingerprint density at radius 2 is 2.41 bits per heavy atom. The van der Waals surface area contributed by atoms with E-state index in [1.807, 2.05) is 6.92 Å². The molecule has 4 N–H and O–H groups in total. The molecule has 0 aliphatic carbocycles. The van der Waals surface area contributed by atoms with Crippen LogP contribution < -0.4 is 16.6 Å². The quantitative estimate of drug-likeness (QED) is 0.378. The first-order valence-electron chi connectivity index (χ1n) is 5.17. The molecule has 0 aromatic carbocycles. The van der Waals surface area contributed by atoms with Gasteiger partial charge in [0.25, 0.3) is 5.91 Å². The van der Waals surface area contributed by atoms with E-state index in [9.17, 15) is 9.18 Å². The zero-order valence-electron chi connectivity index (χ0n) is 9.50. The van der Waals surface area contributed by atoms with E-state index in [1.54, 1.807) is 0 Å². The highest BCUT2D eigenvalue weighted by molar-refractivity contribution is 5.95. The van der Waals surface area contributed by atoms with E-state index in [0.29, 0.717) is 19.8 Å². The molecule has 0 unspecified atom stereocenters. The number of nitrogens with two attached hydrogens (primary N) is 1. The Bertz CT molecular complexity index is 387. The van der Waals surface area contributed by atoms with Crippen LogP contribution in [-0.4, -0.2) is 30.6 Å². The second-order valence-electron chi connectivity index (χ2n) is 3.12. The van der Waals surface area contributed by atoms with E-state index < -0.39 is 11.7 Å². The third kappa shape index (κ3) is 3.65. The Labute approximate surface area is 98.3 Å². The second kappa shape index (κ2) is 6.77. The van der Waals surface area contributed by atoms with Gasteiger partial charge in [-0.3, -0.25) is 4.79 Å². The van der Waals surface area contributed by atoms with Gasteiger partial charge in [-0.05, 0) is 13.0 Å². The number of carbonyl (C=O) groups excluding carboxylic acids is 1. The van der Waals surface area contributed by atoms with Gasteiger partial charge < -0.3 is 15.5 Å². The number of nitrogens with one attached hydrogen (secondary N) is 2. The molecule has 1 heterocycles. The molecule has 0 saturated carbocycles. The van der Waals surface area contributed by atoms with Crippen molar-refractivity contribution in [1.29, 1.82) is 0 Å². The van der Waals surface area contributed by atoms with Crippen molar-refractivity contribution in [2.45, 2.75) is 6.92 Å². The standard InChI is InChI=1S/C10H15FN4O2/c1-2-17-6-5-14-10(16)7-3-4-13-9(15-12)8(7)11/h3-4H,2,5-6,12H2,1H3,(H,13,15)(H,14,16). The third-order valence-corrected chi connectivity index (χ3v) is 2.01. The van der Waals surface area contributed by atoms with E-state index in [0.717, 1.165) is 0 Å². The zero-order valence-corrected chi connectivity index (χ0v) is 9.50. The monoisotopic (exact) mass is 242 g/mol. The fourth-order valence-electron chi connectivity index (χ4n) is 1.20. The highest BCUT2D eigenvalue weighted by Gasteiger charge is 2.14. The predicted octanol–water partition coefficient (Wildman–Crippen LogP) is 0.273. The normalized spacial score (nSPS) is 10.1. The molecule has 0 atom stereocenters. The largest absolute Gasteiger partial charge is 0.380 e. The van der Waals surface area contributed by atoms with Gasteiger partial charge in [0.1, 0.15) is 0 Å². The minimum absolute atomic E-state index is 0.107. The Kier molecular flexibility index (Phi) is 5.31. The summed E-state index contributed by atoms with van der Waals surface area (Å²) < 4.78 is 18.6. The van der Waals surface area contributed by atoms with Crippen LogP contribution in [0.1, 0.15) is 17.3 Å². The number of pyridine rings is 1. The molecule has 0 bridgehead atoms. The van der Waals surface area contributed by atoms with E-state index >= 15 is 0 Å². The topological polar surface area (TPSA) is 89.3 Å². The summed E-state index contributed by atoms with van der Waals surface area (Å²) in [6, 6.07) is 1.28. The molecule has 0 aliphatic rings. The zero-order chi connectivity index (χ0) is 12.7. The number of carbonyl (C=O) groups is 1. The molecule has 0 spiro atoms. The number of rotatable bonds is 6. The van der Waals surface area contributed by atoms with Crippen LogP contribution in [-0.2, 0) is 4.74 Å². The summed E-state index contributed by atoms with van der Waals surface area (Å²) in [4.78, 5) is 15.2. The van der Waals surface area contributed by atoms with Gasteiger partial charge in [-0.15, -0.1) is 0 Å². The molecule has 0 fully saturated rings. The summed E-state index contributed by atoms with van der Waals surface area (Å²) in [7, 11) is 0. The lowest BCUT2D eigenvalue weighted by atomic mass is 10.2. The Morgan fingerprint density at radius 3 is 3.06 bits per heavy atom. The maximum atomic E-state index is 13.6. The number of nitrogen functional groups attached to an aromatic ring is 1. The number of aromatic nitrogens is 1. The van der Waals surface area contributed by atoms with Crippen LogP contribution in [0.5, 0.6) is 0 Å². The number of ether oxygens (including phenoxy) is 1. The third-order valence-electron chi connectivity index (χ3n) is 2.01.